The van der Waals surface area contributed by atoms with E-state index in [1.165, 1.54) is 12.1 Å². The summed E-state index contributed by atoms with van der Waals surface area (Å²) < 4.78 is 19.4. The minimum atomic E-state index is -0.887. The number of H-pyrrole nitrogens is 1. The van der Waals surface area contributed by atoms with Crippen LogP contribution < -0.4 is 5.56 Å². The molecule has 6 nitrogen and oxygen atoms in total. The number of benzene rings is 2. The van der Waals surface area contributed by atoms with Crippen molar-refractivity contribution in [2.45, 2.75) is 37.8 Å². The lowest BCUT2D eigenvalue weighted by atomic mass is 9.84. The van der Waals surface area contributed by atoms with E-state index in [0.717, 1.165) is 16.7 Å². The van der Waals surface area contributed by atoms with Gasteiger partial charge in [0.25, 0.3) is 5.56 Å². The standard InChI is InChI=1S/C26H27FN2O4/c1-18(19-5-7-20(8-6-19)23-4-2-15-28-24(23)31)29-16-14-26(13-3-17-30,33-25(29)32)21-9-11-22(27)12-10-21/h2,4-12,15,18,30H,3,13-14,16-17H2,1H3,(H,28,31)/t18-,26?/m0/s1. The summed E-state index contributed by atoms with van der Waals surface area (Å²) in [6.07, 6.45) is 2.62. The molecule has 1 unspecified atom stereocenters. The van der Waals surface area contributed by atoms with Crippen LogP contribution in [0.15, 0.2) is 71.7 Å². The maximum absolute atomic E-state index is 13.4. The van der Waals surface area contributed by atoms with E-state index in [9.17, 15) is 19.1 Å². The predicted molar refractivity (Wildman–Crippen MR) is 123 cm³/mol. The monoisotopic (exact) mass is 450 g/mol. The van der Waals surface area contributed by atoms with E-state index in [4.69, 9.17) is 4.74 Å². The molecule has 1 aliphatic rings. The molecule has 0 bridgehead atoms. The third-order valence-corrected chi connectivity index (χ3v) is 6.37. The van der Waals surface area contributed by atoms with Crippen molar-refractivity contribution in [1.82, 2.24) is 9.88 Å². The van der Waals surface area contributed by atoms with Gasteiger partial charge in [-0.15, -0.1) is 0 Å². The SMILES string of the molecule is C[C@@H](c1ccc(-c2ccc[nH]c2=O)cc1)N1CCC(CCCO)(c2ccc(F)cc2)OC1=O. The molecule has 172 valence electrons. The molecule has 1 aromatic heterocycles. The number of aliphatic hydroxyl groups is 1. The van der Waals surface area contributed by atoms with Crippen LogP contribution in [0.1, 0.15) is 43.4 Å². The van der Waals surface area contributed by atoms with Gasteiger partial charge < -0.3 is 19.7 Å². The summed E-state index contributed by atoms with van der Waals surface area (Å²) in [4.78, 5) is 29.5. The zero-order chi connectivity index (χ0) is 23.4. The second-order valence-electron chi connectivity index (χ2n) is 8.35. The van der Waals surface area contributed by atoms with Crippen molar-refractivity contribution in [2.75, 3.05) is 13.2 Å². The molecule has 7 heteroatoms. The quantitative estimate of drug-likeness (QED) is 0.544. The van der Waals surface area contributed by atoms with Crippen LogP contribution in [0.3, 0.4) is 0 Å². The van der Waals surface area contributed by atoms with E-state index >= 15 is 0 Å². The molecule has 4 rings (SSSR count). The molecule has 2 N–H and O–H groups in total. The summed E-state index contributed by atoms with van der Waals surface area (Å²) in [5.41, 5.74) is 2.00. The van der Waals surface area contributed by atoms with Crippen LogP contribution in [-0.2, 0) is 10.3 Å². The van der Waals surface area contributed by atoms with Gasteiger partial charge in [-0.3, -0.25) is 4.79 Å². The Kier molecular flexibility index (Phi) is 6.60. The number of halogens is 1. The zero-order valence-electron chi connectivity index (χ0n) is 18.5. The summed E-state index contributed by atoms with van der Waals surface area (Å²) in [5.74, 6) is -0.352. The molecule has 0 radical (unpaired) electrons. The van der Waals surface area contributed by atoms with E-state index in [-0.39, 0.29) is 24.0 Å². The minimum Gasteiger partial charge on any atom is -0.438 e. The highest BCUT2D eigenvalue weighted by molar-refractivity contribution is 5.70. The first-order chi connectivity index (χ1) is 15.9. The van der Waals surface area contributed by atoms with E-state index in [2.05, 4.69) is 4.98 Å². The van der Waals surface area contributed by atoms with Crippen LogP contribution in [0.5, 0.6) is 0 Å². The number of pyridine rings is 1. The van der Waals surface area contributed by atoms with Crippen LogP contribution >= 0.6 is 0 Å². The Morgan fingerprint density at radius 1 is 1.12 bits per heavy atom. The van der Waals surface area contributed by atoms with Crippen molar-refractivity contribution < 1.29 is 19.0 Å². The van der Waals surface area contributed by atoms with Gasteiger partial charge in [-0.1, -0.05) is 36.4 Å². The van der Waals surface area contributed by atoms with Crippen LogP contribution in [0.25, 0.3) is 11.1 Å². The maximum atomic E-state index is 13.4. The number of ether oxygens (including phenoxy) is 1. The zero-order valence-corrected chi connectivity index (χ0v) is 18.5. The topological polar surface area (TPSA) is 82.6 Å². The van der Waals surface area contributed by atoms with E-state index in [0.29, 0.717) is 31.4 Å². The highest BCUT2D eigenvalue weighted by Gasteiger charge is 2.43. The fourth-order valence-electron chi connectivity index (χ4n) is 4.43. The van der Waals surface area contributed by atoms with Gasteiger partial charge in [-0.2, -0.15) is 0 Å². The Hall–Kier alpha value is -3.45. The average molecular weight is 451 g/mol. The van der Waals surface area contributed by atoms with Gasteiger partial charge in [0, 0.05) is 31.3 Å². The third kappa shape index (κ3) is 4.68. The van der Waals surface area contributed by atoms with Crippen molar-refractivity contribution in [3.05, 3.63) is 94.2 Å². The highest BCUT2D eigenvalue weighted by atomic mass is 19.1. The molecule has 1 amide bonds. The molecule has 2 aromatic carbocycles. The van der Waals surface area contributed by atoms with Crippen LogP contribution in [0.4, 0.5) is 9.18 Å². The van der Waals surface area contributed by atoms with Crippen LogP contribution in [0, 0.1) is 5.82 Å². The highest BCUT2D eigenvalue weighted by Crippen LogP contribution is 2.40. The summed E-state index contributed by atoms with van der Waals surface area (Å²) in [7, 11) is 0. The first-order valence-corrected chi connectivity index (χ1v) is 11.1. The van der Waals surface area contributed by atoms with Gasteiger partial charge >= 0.3 is 6.09 Å². The summed E-state index contributed by atoms with van der Waals surface area (Å²) in [5, 5.41) is 9.35. The number of aliphatic hydroxyl groups excluding tert-OH is 1. The Balaban J connectivity index is 1.53. The number of carbonyl (C=O) groups excluding carboxylic acids is 1. The number of amides is 1. The van der Waals surface area contributed by atoms with Gasteiger partial charge in [0.05, 0.1) is 6.04 Å². The van der Waals surface area contributed by atoms with Crippen molar-refractivity contribution in [2.24, 2.45) is 0 Å². The number of hydrogen-bond acceptors (Lipinski definition) is 4. The fraction of sp³-hybridized carbons (Fsp3) is 0.308. The molecular weight excluding hydrogens is 423 g/mol. The van der Waals surface area contributed by atoms with Crippen LogP contribution in [0.2, 0.25) is 0 Å². The lowest BCUT2D eigenvalue weighted by molar-refractivity contribution is -0.0680. The first kappa shape index (κ1) is 22.7. The molecule has 3 aromatic rings. The average Bonchev–Trinajstić information content (AvgIpc) is 2.83. The molecule has 1 saturated heterocycles. The molecule has 0 aliphatic carbocycles. The second kappa shape index (κ2) is 9.58. The number of rotatable bonds is 7. The number of nitrogens with one attached hydrogen (secondary N) is 1. The predicted octanol–water partition coefficient (Wildman–Crippen LogP) is 4.75. The maximum Gasteiger partial charge on any atom is 0.411 e. The molecule has 2 heterocycles. The number of carbonyl (C=O) groups is 1. The second-order valence-corrected chi connectivity index (χ2v) is 8.35. The minimum absolute atomic E-state index is 0.0167. The van der Waals surface area contributed by atoms with Gasteiger partial charge in [0.1, 0.15) is 11.4 Å². The number of cyclic esters (lactones) is 1. The molecule has 0 spiro atoms. The van der Waals surface area contributed by atoms with Crippen molar-refractivity contribution >= 4 is 6.09 Å². The number of nitrogens with zero attached hydrogens (tertiary/aromatic N) is 1. The lowest BCUT2D eigenvalue weighted by Crippen LogP contribution is -2.48. The van der Waals surface area contributed by atoms with Gasteiger partial charge in [0.2, 0.25) is 0 Å². The Labute approximate surface area is 191 Å². The van der Waals surface area contributed by atoms with Crippen molar-refractivity contribution in [1.29, 1.82) is 0 Å². The largest absolute Gasteiger partial charge is 0.438 e. The van der Waals surface area contributed by atoms with E-state index in [1.54, 1.807) is 35.4 Å². The number of hydrogen-bond donors (Lipinski definition) is 2. The lowest BCUT2D eigenvalue weighted by Gasteiger charge is -2.43. The summed E-state index contributed by atoms with van der Waals surface area (Å²) in [6, 6.07) is 16.9. The smallest absolute Gasteiger partial charge is 0.411 e. The Morgan fingerprint density at radius 2 is 1.85 bits per heavy atom. The fourth-order valence-corrected chi connectivity index (χ4v) is 4.43. The van der Waals surface area contributed by atoms with Crippen molar-refractivity contribution in [3.8, 4) is 11.1 Å². The van der Waals surface area contributed by atoms with Gasteiger partial charge in [-0.05, 0) is 60.7 Å². The molecule has 1 aliphatic heterocycles. The molecule has 33 heavy (non-hydrogen) atoms. The normalized spacial score (nSPS) is 19.2. The summed E-state index contributed by atoms with van der Waals surface area (Å²) >= 11 is 0. The molecule has 2 atom stereocenters. The van der Waals surface area contributed by atoms with Gasteiger partial charge in [-0.25, -0.2) is 9.18 Å². The van der Waals surface area contributed by atoms with E-state index < -0.39 is 11.7 Å². The summed E-state index contributed by atoms with van der Waals surface area (Å²) in [6.45, 7) is 2.38. The molecule has 1 fully saturated rings. The van der Waals surface area contributed by atoms with Gasteiger partial charge in [0.15, 0.2) is 0 Å². The van der Waals surface area contributed by atoms with Crippen molar-refractivity contribution in [3.63, 3.8) is 0 Å². The Morgan fingerprint density at radius 3 is 2.48 bits per heavy atom. The number of aromatic amines is 1. The first-order valence-electron chi connectivity index (χ1n) is 11.1. The molecular formula is C26H27FN2O4. The molecule has 0 saturated carbocycles. The Bertz CT molecular complexity index is 1160. The van der Waals surface area contributed by atoms with E-state index in [1.807, 2.05) is 31.2 Å². The number of aromatic nitrogens is 1. The third-order valence-electron chi connectivity index (χ3n) is 6.37. The van der Waals surface area contributed by atoms with Crippen LogP contribution in [-0.4, -0.2) is 34.2 Å².